The summed E-state index contributed by atoms with van der Waals surface area (Å²) < 4.78 is 0. The van der Waals surface area contributed by atoms with Crippen molar-refractivity contribution in [3.63, 3.8) is 0 Å². The van der Waals surface area contributed by atoms with Gasteiger partial charge in [0.2, 0.25) is 5.95 Å². The van der Waals surface area contributed by atoms with Crippen LogP contribution in [-0.2, 0) is 0 Å². The Morgan fingerprint density at radius 3 is 1.48 bits per heavy atom. The third-order valence-electron chi connectivity index (χ3n) is 10.7. The van der Waals surface area contributed by atoms with E-state index in [0.717, 1.165) is 62.7 Å². The van der Waals surface area contributed by atoms with Gasteiger partial charge in [-0.05, 0) is 149 Å². The lowest BCUT2D eigenvalue weighted by molar-refractivity contribution is 0.138. The van der Waals surface area contributed by atoms with Crippen LogP contribution in [0, 0.1) is 48.8 Å². The Morgan fingerprint density at radius 1 is 0.675 bits per heavy atom. The molecule has 0 amide bonds. The number of amidine groups is 1. The van der Waals surface area contributed by atoms with Crippen LogP contribution in [0.3, 0.4) is 0 Å². The Balaban J connectivity index is 0.000000521. The third kappa shape index (κ3) is 24.5. The number of anilines is 4. The van der Waals surface area contributed by atoms with Gasteiger partial charge in [-0.2, -0.15) is 15.5 Å². The molecule has 5 aromatic carbocycles. The van der Waals surface area contributed by atoms with Crippen LogP contribution >= 0.6 is 82.5 Å². The molecule has 0 radical (unpaired) electrons. The van der Waals surface area contributed by atoms with Crippen LogP contribution < -0.4 is 28.3 Å². The fourth-order valence-corrected chi connectivity index (χ4v) is 11.2. The minimum Gasteiger partial charge on any atom is -0.399 e. The first-order valence-electron chi connectivity index (χ1n) is 24.3. The summed E-state index contributed by atoms with van der Waals surface area (Å²) in [6.07, 6.45) is 3.41. The highest BCUT2D eigenvalue weighted by Crippen LogP contribution is 2.40. The van der Waals surface area contributed by atoms with Gasteiger partial charge in [-0.15, -0.1) is 24.2 Å². The molecule has 6 rings (SSSR count). The maximum atomic E-state index is 9.65. The Morgan fingerprint density at radius 2 is 1.09 bits per heavy atom. The lowest BCUT2D eigenvalue weighted by Crippen LogP contribution is -2.47. The van der Waals surface area contributed by atoms with Crippen molar-refractivity contribution in [2.24, 2.45) is 5.73 Å². The van der Waals surface area contributed by atoms with E-state index in [1.807, 2.05) is 128 Å². The fourth-order valence-electron chi connectivity index (χ4n) is 6.92. The molecule has 77 heavy (non-hydrogen) atoms. The number of allylic oxidation sites excluding steroid dienone is 1. The van der Waals surface area contributed by atoms with Gasteiger partial charge in [0.25, 0.3) is 0 Å². The van der Waals surface area contributed by atoms with Gasteiger partial charge in [0.15, 0.2) is 0 Å². The molecule has 12 nitrogen and oxygen atoms in total. The van der Waals surface area contributed by atoms with Crippen molar-refractivity contribution in [3.05, 3.63) is 163 Å². The van der Waals surface area contributed by atoms with Crippen LogP contribution in [0.15, 0.2) is 134 Å². The number of aromatic nitrogens is 2. The number of nitrogens with zero attached hydrogens (tertiary/aromatic N) is 6. The number of para-hydroxylation sites is 2. The molecule has 0 fully saturated rings. The lowest BCUT2D eigenvalue weighted by atomic mass is 10.0. The van der Waals surface area contributed by atoms with Crippen LogP contribution in [-0.4, -0.2) is 65.2 Å². The molecule has 6 aromatic rings. The SMILES string of the molecule is CC(=N)N.Cc1cc(C(C)C)c(S/C(C#N)=C/Nc2ccccc2)cc1Cl.Cc1cc(C(C)C)c(SC(C#N)C(N(C)C)N(C)C)cc1Cl.Cc1cc(C(C)C)c(Sc2cnc(N)nc2N)cc1Cl.Cl.Nc1ccccc1. The van der Waals surface area contributed by atoms with E-state index in [9.17, 15) is 10.5 Å². The van der Waals surface area contributed by atoms with E-state index >= 15 is 0 Å². The minimum absolute atomic E-state index is 0. The highest BCUT2D eigenvalue weighted by atomic mass is 35.5. The summed E-state index contributed by atoms with van der Waals surface area (Å²) in [6.45, 7) is 20.5. The first-order valence-corrected chi connectivity index (χ1v) is 27.9. The number of benzene rings is 5. The van der Waals surface area contributed by atoms with Crippen LogP contribution in [0.4, 0.5) is 23.1 Å². The van der Waals surface area contributed by atoms with Gasteiger partial charge in [-0.3, -0.25) is 15.2 Å². The van der Waals surface area contributed by atoms with E-state index in [1.54, 1.807) is 24.2 Å². The van der Waals surface area contributed by atoms with E-state index in [-0.39, 0.29) is 35.6 Å². The summed E-state index contributed by atoms with van der Waals surface area (Å²) >= 11 is 23.3. The second kappa shape index (κ2) is 35.3. The third-order valence-corrected chi connectivity index (χ3v) is 15.3. The molecule has 0 bridgehead atoms. The second-order valence-corrected chi connectivity index (χ2v) is 23.4. The van der Waals surface area contributed by atoms with Crippen molar-refractivity contribution >= 4 is 111 Å². The molecule has 1 unspecified atom stereocenters. The van der Waals surface area contributed by atoms with Crippen molar-refractivity contribution in [1.29, 1.82) is 15.9 Å². The number of nitrogens with two attached hydrogens (primary N) is 4. The Hall–Kier alpha value is -5.30. The largest absolute Gasteiger partial charge is 0.399 e. The van der Waals surface area contributed by atoms with Gasteiger partial charge in [-0.1, -0.05) is 154 Å². The first kappa shape index (κ1) is 69.7. The second-order valence-electron chi connectivity index (χ2n) is 18.8. The molecule has 0 saturated carbocycles. The normalized spacial score (nSPS) is 11.2. The molecule has 0 spiro atoms. The molecule has 10 N–H and O–H groups in total. The number of hydrogen-bond donors (Lipinski definition) is 6. The van der Waals surface area contributed by atoms with E-state index < -0.39 is 0 Å². The number of aryl methyl sites for hydroxylation is 3. The number of thioether (sulfide) groups is 2. The predicted molar refractivity (Wildman–Crippen MR) is 338 cm³/mol. The van der Waals surface area contributed by atoms with Crippen LogP contribution in [0.25, 0.3) is 0 Å². The zero-order valence-corrected chi connectivity index (χ0v) is 52.1. The summed E-state index contributed by atoms with van der Waals surface area (Å²) in [6, 6.07) is 36.2. The Kier molecular flexibility index (Phi) is 31.9. The van der Waals surface area contributed by atoms with Gasteiger partial charge in [0.1, 0.15) is 22.0 Å². The fraction of sp³-hybridized carbons (Fsp3) is 0.328. The standard InChI is InChI=1S/C19H19ClN2S.C17H26ClN3S.C14H17ClN4S.C6H7N.C2H6N2.ClH/c1-13(2)17-9-14(3)18(20)10-19(17)23-16(11-21)12-22-15-7-5-4-6-8-15;1-11(2)13-8-12(3)14(18)9-15(13)22-16(10-19)17(20(4)5)21(6)7;1-7(2)9-4-8(3)10(15)5-11(9)20-12-6-18-14(17)19-13(12)16;7-6-4-2-1-3-5-6;1-2(3)4;/h4-10,12-13,22H,1-3H3;8-9,11,16-17H,1-7H3;4-7H,1-3H3,(H4,16,17,18,19);1-5H,7H2;1H3,(H3,3,4);1H/b16-12+;;;;;. The molecule has 1 aromatic heterocycles. The zero-order valence-electron chi connectivity index (χ0n) is 46.5. The minimum atomic E-state index is -0.193. The number of rotatable bonds is 14. The maximum absolute atomic E-state index is 9.65. The Bertz CT molecular complexity index is 2900. The average molecular weight is 1180 g/mol. The number of halogens is 4. The van der Waals surface area contributed by atoms with Crippen molar-refractivity contribution in [1.82, 2.24) is 19.8 Å². The summed E-state index contributed by atoms with van der Waals surface area (Å²) in [5, 5.41) is 30.5. The smallest absolute Gasteiger partial charge is 0.221 e. The van der Waals surface area contributed by atoms with E-state index in [1.165, 1.54) is 47.1 Å². The number of hydrogen-bond acceptors (Lipinski definition) is 14. The molecular formula is C58H76Cl4N12S3. The van der Waals surface area contributed by atoms with Gasteiger partial charge in [-0.25, -0.2) is 4.98 Å². The quantitative estimate of drug-likeness (QED) is 0.0149. The molecule has 0 saturated heterocycles. The van der Waals surface area contributed by atoms with Crippen molar-refractivity contribution in [3.8, 4) is 12.1 Å². The molecule has 0 aliphatic carbocycles. The van der Waals surface area contributed by atoms with E-state index in [0.29, 0.717) is 28.5 Å². The summed E-state index contributed by atoms with van der Waals surface area (Å²) in [5.74, 6) is 1.89. The molecule has 0 aliphatic heterocycles. The van der Waals surface area contributed by atoms with Crippen LogP contribution in [0.2, 0.25) is 15.1 Å². The number of nitrogens with one attached hydrogen (secondary N) is 2. The highest BCUT2D eigenvalue weighted by Gasteiger charge is 2.28. The molecule has 1 heterocycles. The van der Waals surface area contributed by atoms with Gasteiger partial charge < -0.3 is 28.3 Å². The molecular weight excluding hydrogens is 1100 g/mol. The van der Waals surface area contributed by atoms with Gasteiger partial charge in [0.05, 0.1) is 23.0 Å². The summed E-state index contributed by atoms with van der Waals surface area (Å²) in [4.78, 5) is 16.7. The summed E-state index contributed by atoms with van der Waals surface area (Å²) in [7, 11) is 8.00. The maximum Gasteiger partial charge on any atom is 0.221 e. The monoisotopic (exact) mass is 1180 g/mol. The lowest BCUT2D eigenvalue weighted by Gasteiger charge is -2.33. The van der Waals surface area contributed by atoms with Crippen molar-refractivity contribution in [2.45, 2.75) is 118 Å². The van der Waals surface area contributed by atoms with E-state index in [2.05, 4.69) is 97.0 Å². The topological polar surface area (TPSA) is 220 Å². The molecule has 414 valence electrons. The highest BCUT2D eigenvalue weighted by molar-refractivity contribution is 8.03. The van der Waals surface area contributed by atoms with Crippen LogP contribution in [0.5, 0.6) is 0 Å². The molecule has 0 aliphatic rings. The van der Waals surface area contributed by atoms with Crippen molar-refractivity contribution < 1.29 is 0 Å². The summed E-state index contributed by atoms with van der Waals surface area (Å²) in [5.41, 5.74) is 30.1. The van der Waals surface area contributed by atoms with Gasteiger partial charge in [0, 0.05) is 53.5 Å². The molecule has 1 atom stereocenters. The Labute approximate surface area is 493 Å². The average Bonchev–Trinajstić information content (AvgIpc) is 3.34. The van der Waals surface area contributed by atoms with Crippen molar-refractivity contribution in [2.75, 3.05) is 50.7 Å². The van der Waals surface area contributed by atoms with E-state index in [4.69, 9.17) is 63.1 Å². The number of nitriles is 2. The zero-order chi connectivity index (χ0) is 57.4. The number of nitrogen functional groups attached to an aromatic ring is 3. The predicted octanol–water partition coefficient (Wildman–Crippen LogP) is 16.1. The van der Waals surface area contributed by atoms with Crippen LogP contribution in [0.1, 0.15) is 99.6 Å². The van der Waals surface area contributed by atoms with Gasteiger partial charge >= 0.3 is 0 Å². The molecule has 19 heteroatoms. The first-order chi connectivity index (χ1) is 35.7.